The van der Waals surface area contributed by atoms with Gasteiger partial charge in [0.15, 0.2) is 0 Å². The van der Waals surface area contributed by atoms with Gasteiger partial charge in [0, 0.05) is 25.2 Å². The molecule has 2 aromatic carbocycles. The monoisotopic (exact) mass is 442 g/mol. The molecule has 0 bridgehead atoms. The summed E-state index contributed by atoms with van der Waals surface area (Å²) in [5, 5.41) is 2.57. The zero-order chi connectivity index (χ0) is 22.5. The molecule has 2 aromatic rings. The quantitative estimate of drug-likeness (QED) is 0.672. The smallest absolute Gasteiger partial charge is 0.352 e. The number of amides is 1. The maximum absolute atomic E-state index is 13.1. The number of sulfonamides is 1. The Balaban J connectivity index is 2.16. The maximum Gasteiger partial charge on any atom is 0.416 e. The first-order valence-corrected chi connectivity index (χ1v) is 11.0. The molecule has 0 spiro atoms. The predicted molar refractivity (Wildman–Crippen MR) is 109 cm³/mol. The molecule has 0 saturated carbocycles. The number of hydrogen-bond donors (Lipinski definition) is 1. The fourth-order valence-electron chi connectivity index (χ4n) is 3.15. The van der Waals surface area contributed by atoms with Crippen LogP contribution in [-0.4, -0.2) is 38.3 Å². The third-order valence-electron chi connectivity index (χ3n) is 4.78. The Kier molecular flexibility index (Phi) is 7.65. The molecule has 0 radical (unpaired) electrons. The standard InChI is InChI=1S/C21H25F3N2O3S/c1-4-26(5-2)30(28,29)19-14-17(11-10-15(19)3)20(27)25-13-12-16-8-6-7-9-18(16)21(22,23)24/h6-11,14H,4-5,12-13H2,1-3H3,(H,25,27). The van der Waals surface area contributed by atoms with E-state index in [4.69, 9.17) is 0 Å². The van der Waals surface area contributed by atoms with Crippen LogP contribution in [0.5, 0.6) is 0 Å². The molecule has 0 aliphatic heterocycles. The predicted octanol–water partition coefficient (Wildman–Crippen LogP) is 4.02. The molecule has 1 N–H and O–H groups in total. The highest BCUT2D eigenvalue weighted by atomic mass is 32.2. The molecule has 0 saturated heterocycles. The highest BCUT2D eigenvalue weighted by Crippen LogP contribution is 2.32. The van der Waals surface area contributed by atoms with Crippen molar-refractivity contribution in [2.45, 2.75) is 38.3 Å². The number of benzene rings is 2. The van der Waals surface area contributed by atoms with Crippen LogP contribution in [0.15, 0.2) is 47.4 Å². The Bertz CT molecular complexity index is 1000. The molecule has 0 heterocycles. The molecular weight excluding hydrogens is 417 g/mol. The second-order valence-electron chi connectivity index (χ2n) is 6.73. The molecule has 0 aliphatic rings. The Morgan fingerprint density at radius 2 is 1.70 bits per heavy atom. The van der Waals surface area contributed by atoms with E-state index in [9.17, 15) is 26.4 Å². The molecule has 0 fully saturated rings. The van der Waals surface area contributed by atoms with Crippen molar-refractivity contribution < 1.29 is 26.4 Å². The number of hydrogen-bond acceptors (Lipinski definition) is 3. The van der Waals surface area contributed by atoms with Gasteiger partial charge in [0.05, 0.1) is 10.5 Å². The van der Waals surface area contributed by atoms with Gasteiger partial charge in [-0.2, -0.15) is 17.5 Å². The molecule has 0 unspecified atom stereocenters. The van der Waals surface area contributed by atoms with Gasteiger partial charge in [-0.05, 0) is 42.7 Å². The molecule has 5 nitrogen and oxygen atoms in total. The number of rotatable bonds is 8. The van der Waals surface area contributed by atoms with Crippen LogP contribution >= 0.6 is 0 Å². The van der Waals surface area contributed by atoms with Crippen LogP contribution < -0.4 is 5.32 Å². The fourth-order valence-corrected chi connectivity index (χ4v) is 4.86. The number of alkyl halides is 3. The summed E-state index contributed by atoms with van der Waals surface area (Å²) in [6, 6.07) is 9.55. The number of carbonyl (C=O) groups is 1. The lowest BCUT2D eigenvalue weighted by molar-refractivity contribution is -0.138. The molecule has 30 heavy (non-hydrogen) atoms. The summed E-state index contributed by atoms with van der Waals surface area (Å²) in [5.41, 5.74) is -0.00538. The Morgan fingerprint density at radius 1 is 1.07 bits per heavy atom. The number of carbonyl (C=O) groups excluding carboxylic acids is 1. The molecule has 9 heteroatoms. The summed E-state index contributed by atoms with van der Waals surface area (Å²) in [4.78, 5) is 12.5. The number of halogens is 3. The van der Waals surface area contributed by atoms with Crippen molar-refractivity contribution in [1.29, 1.82) is 0 Å². The minimum Gasteiger partial charge on any atom is -0.352 e. The van der Waals surface area contributed by atoms with Crippen molar-refractivity contribution in [2.24, 2.45) is 0 Å². The Labute approximate surface area is 175 Å². The molecule has 2 rings (SSSR count). The average molecular weight is 443 g/mol. The SMILES string of the molecule is CCN(CC)S(=O)(=O)c1cc(C(=O)NCCc2ccccc2C(F)(F)F)ccc1C. The van der Waals surface area contributed by atoms with Gasteiger partial charge in [-0.3, -0.25) is 4.79 Å². The summed E-state index contributed by atoms with van der Waals surface area (Å²) < 4.78 is 66.1. The van der Waals surface area contributed by atoms with E-state index in [0.29, 0.717) is 18.7 Å². The zero-order valence-electron chi connectivity index (χ0n) is 17.1. The number of nitrogens with one attached hydrogen (secondary N) is 1. The van der Waals surface area contributed by atoms with E-state index in [1.54, 1.807) is 26.8 Å². The van der Waals surface area contributed by atoms with Gasteiger partial charge < -0.3 is 5.32 Å². The van der Waals surface area contributed by atoms with Gasteiger partial charge in [0.1, 0.15) is 0 Å². The number of aryl methyl sites for hydroxylation is 1. The molecule has 164 valence electrons. The van der Waals surface area contributed by atoms with Crippen LogP contribution in [0.4, 0.5) is 13.2 Å². The lowest BCUT2D eigenvalue weighted by Gasteiger charge is -2.20. The third kappa shape index (κ3) is 5.40. The van der Waals surface area contributed by atoms with E-state index in [1.807, 2.05) is 0 Å². The van der Waals surface area contributed by atoms with Crippen molar-refractivity contribution in [3.05, 3.63) is 64.7 Å². The topological polar surface area (TPSA) is 66.5 Å². The average Bonchev–Trinajstić information content (AvgIpc) is 2.68. The largest absolute Gasteiger partial charge is 0.416 e. The van der Waals surface area contributed by atoms with Gasteiger partial charge >= 0.3 is 6.18 Å². The minimum atomic E-state index is -4.47. The first kappa shape index (κ1) is 23.9. The van der Waals surface area contributed by atoms with Gasteiger partial charge in [-0.15, -0.1) is 0 Å². The van der Waals surface area contributed by atoms with Crippen LogP contribution in [0.2, 0.25) is 0 Å². The lowest BCUT2D eigenvalue weighted by Crippen LogP contribution is -2.31. The lowest BCUT2D eigenvalue weighted by atomic mass is 10.0. The Hall–Kier alpha value is -2.39. The van der Waals surface area contributed by atoms with E-state index < -0.39 is 27.7 Å². The summed E-state index contributed by atoms with van der Waals surface area (Å²) >= 11 is 0. The number of nitrogens with zero attached hydrogens (tertiary/aromatic N) is 1. The Morgan fingerprint density at radius 3 is 2.30 bits per heavy atom. The first-order chi connectivity index (χ1) is 14.0. The molecule has 0 aliphatic carbocycles. The van der Waals surface area contributed by atoms with Crippen LogP contribution in [0.3, 0.4) is 0 Å². The fraction of sp³-hybridized carbons (Fsp3) is 0.381. The first-order valence-electron chi connectivity index (χ1n) is 9.56. The van der Waals surface area contributed by atoms with Crippen molar-refractivity contribution in [3.8, 4) is 0 Å². The normalized spacial score (nSPS) is 12.2. The molecule has 0 atom stereocenters. The van der Waals surface area contributed by atoms with Crippen molar-refractivity contribution >= 4 is 15.9 Å². The van der Waals surface area contributed by atoms with Gasteiger partial charge in [-0.1, -0.05) is 38.1 Å². The summed E-state index contributed by atoms with van der Waals surface area (Å²) in [5.74, 6) is -0.546. The van der Waals surface area contributed by atoms with E-state index >= 15 is 0 Å². The van der Waals surface area contributed by atoms with E-state index in [2.05, 4.69) is 5.32 Å². The molecule has 1 amide bonds. The van der Waals surface area contributed by atoms with Crippen molar-refractivity contribution in [2.75, 3.05) is 19.6 Å². The second-order valence-corrected chi connectivity index (χ2v) is 8.64. The van der Waals surface area contributed by atoms with Crippen LogP contribution in [-0.2, 0) is 22.6 Å². The van der Waals surface area contributed by atoms with Gasteiger partial charge in [0.2, 0.25) is 10.0 Å². The van der Waals surface area contributed by atoms with Crippen LogP contribution in [0.1, 0.15) is 40.9 Å². The van der Waals surface area contributed by atoms with E-state index in [0.717, 1.165) is 6.07 Å². The maximum atomic E-state index is 13.1. The highest BCUT2D eigenvalue weighted by molar-refractivity contribution is 7.89. The molecular formula is C21H25F3N2O3S. The van der Waals surface area contributed by atoms with Crippen LogP contribution in [0.25, 0.3) is 0 Å². The summed E-state index contributed by atoms with van der Waals surface area (Å²) in [6.07, 6.45) is -4.47. The van der Waals surface area contributed by atoms with Crippen molar-refractivity contribution in [3.63, 3.8) is 0 Å². The second kappa shape index (κ2) is 9.61. The van der Waals surface area contributed by atoms with Gasteiger partial charge in [-0.25, -0.2) is 8.42 Å². The minimum absolute atomic E-state index is 0.00210. The summed E-state index contributed by atoms with van der Waals surface area (Å²) in [6.45, 7) is 5.68. The molecule has 0 aromatic heterocycles. The van der Waals surface area contributed by atoms with E-state index in [1.165, 1.54) is 34.6 Å². The van der Waals surface area contributed by atoms with Crippen molar-refractivity contribution in [1.82, 2.24) is 9.62 Å². The van der Waals surface area contributed by atoms with Crippen LogP contribution in [0, 0.1) is 6.92 Å². The third-order valence-corrected chi connectivity index (χ3v) is 6.97. The zero-order valence-corrected chi connectivity index (χ0v) is 17.9. The van der Waals surface area contributed by atoms with Gasteiger partial charge in [0.25, 0.3) is 5.91 Å². The van der Waals surface area contributed by atoms with E-state index in [-0.39, 0.29) is 29.0 Å². The summed E-state index contributed by atoms with van der Waals surface area (Å²) in [7, 11) is -3.75. The highest BCUT2D eigenvalue weighted by Gasteiger charge is 2.32.